The van der Waals surface area contributed by atoms with Crippen molar-refractivity contribution in [2.45, 2.75) is 39.5 Å². The van der Waals surface area contributed by atoms with Crippen LogP contribution in [0.5, 0.6) is 0 Å². The molecule has 0 aliphatic heterocycles. The van der Waals surface area contributed by atoms with Crippen molar-refractivity contribution < 1.29 is 4.79 Å². The van der Waals surface area contributed by atoms with E-state index >= 15 is 0 Å². The fourth-order valence-corrected chi connectivity index (χ4v) is 2.01. The Labute approximate surface area is 114 Å². The summed E-state index contributed by atoms with van der Waals surface area (Å²) in [6.45, 7) is 4.15. The van der Waals surface area contributed by atoms with Crippen LogP contribution in [0.1, 0.15) is 39.5 Å². The van der Waals surface area contributed by atoms with Crippen LogP contribution in [0, 0.1) is 5.92 Å². The fraction of sp³-hybridized carbons (Fsp3) is 0.500. The molecule has 0 aliphatic carbocycles. The van der Waals surface area contributed by atoms with Crippen molar-refractivity contribution in [1.82, 2.24) is 0 Å². The van der Waals surface area contributed by atoms with Crippen LogP contribution in [-0.2, 0) is 4.79 Å². The lowest BCUT2D eigenvalue weighted by atomic mass is 9.98. The van der Waals surface area contributed by atoms with Crippen LogP contribution in [0.4, 0.5) is 11.4 Å². The highest BCUT2D eigenvalue weighted by molar-refractivity contribution is 6.33. The standard InChI is InChI=1S/C14H21ClN2O/c1-3-5-6-10(4-2)14(18)17-13-9-11(16)7-8-12(13)15/h7-10H,3-6,16H2,1-2H3,(H,17,18). The lowest BCUT2D eigenvalue weighted by molar-refractivity contribution is -0.120. The summed E-state index contributed by atoms with van der Waals surface area (Å²) < 4.78 is 0. The monoisotopic (exact) mass is 268 g/mol. The molecule has 3 nitrogen and oxygen atoms in total. The van der Waals surface area contributed by atoms with Crippen molar-refractivity contribution in [3.05, 3.63) is 23.2 Å². The third kappa shape index (κ3) is 4.22. The number of halogens is 1. The Bertz CT molecular complexity index is 407. The maximum atomic E-state index is 12.1. The van der Waals surface area contributed by atoms with E-state index in [1.807, 2.05) is 6.92 Å². The Morgan fingerprint density at radius 3 is 2.78 bits per heavy atom. The molecule has 1 unspecified atom stereocenters. The first kappa shape index (κ1) is 14.8. The molecule has 0 aliphatic rings. The molecule has 1 aromatic carbocycles. The van der Waals surface area contributed by atoms with E-state index in [1.165, 1.54) is 0 Å². The van der Waals surface area contributed by atoms with Crippen LogP contribution in [0.25, 0.3) is 0 Å². The highest BCUT2D eigenvalue weighted by Gasteiger charge is 2.16. The van der Waals surface area contributed by atoms with Gasteiger partial charge in [-0.1, -0.05) is 38.3 Å². The summed E-state index contributed by atoms with van der Waals surface area (Å²) in [5.41, 5.74) is 6.87. The number of unbranched alkanes of at least 4 members (excludes halogenated alkanes) is 1. The summed E-state index contributed by atoms with van der Waals surface area (Å²) in [5.74, 6) is 0.0703. The van der Waals surface area contributed by atoms with Crippen molar-refractivity contribution in [1.29, 1.82) is 0 Å². The molecule has 4 heteroatoms. The quantitative estimate of drug-likeness (QED) is 0.764. The minimum Gasteiger partial charge on any atom is -0.399 e. The number of nitrogen functional groups attached to an aromatic ring is 1. The molecule has 100 valence electrons. The van der Waals surface area contributed by atoms with Crippen LogP contribution in [0.15, 0.2) is 18.2 Å². The van der Waals surface area contributed by atoms with Gasteiger partial charge in [0, 0.05) is 11.6 Å². The zero-order valence-electron chi connectivity index (χ0n) is 11.0. The third-order valence-electron chi connectivity index (χ3n) is 3.02. The van der Waals surface area contributed by atoms with Gasteiger partial charge in [-0.15, -0.1) is 0 Å². The van der Waals surface area contributed by atoms with E-state index < -0.39 is 0 Å². The molecule has 1 rings (SSSR count). The second-order valence-corrected chi connectivity index (χ2v) is 4.88. The molecule has 0 heterocycles. The van der Waals surface area contributed by atoms with Gasteiger partial charge in [0.15, 0.2) is 0 Å². The van der Waals surface area contributed by atoms with Gasteiger partial charge in [0.2, 0.25) is 5.91 Å². The van der Waals surface area contributed by atoms with Gasteiger partial charge in [-0.3, -0.25) is 4.79 Å². The summed E-state index contributed by atoms with van der Waals surface area (Å²) in [7, 11) is 0. The van der Waals surface area contributed by atoms with Gasteiger partial charge in [0.1, 0.15) is 0 Å². The lowest BCUT2D eigenvalue weighted by Gasteiger charge is -2.15. The van der Waals surface area contributed by atoms with E-state index in [0.717, 1.165) is 25.7 Å². The average molecular weight is 269 g/mol. The largest absolute Gasteiger partial charge is 0.399 e. The minimum absolute atomic E-state index is 0.0263. The smallest absolute Gasteiger partial charge is 0.227 e. The Morgan fingerprint density at radius 2 is 2.17 bits per heavy atom. The number of carbonyl (C=O) groups excluding carboxylic acids is 1. The maximum absolute atomic E-state index is 12.1. The first-order chi connectivity index (χ1) is 8.58. The molecule has 0 saturated heterocycles. The highest BCUT2D eigenvalue weighted by atomic mass is 35.5. The molecule has 3 N–H and O–H groups in total. The lowest BCUT2D eigenvalue weighted by Crippen LogP contribution is -2.22. The number of benzene rings is 1. The number of anilines is 2. The van der Waals surface area contributed by atoms with Gasteiger partial charge < -0.3 is 11.1 Å². The van der Waals surface area contributed by atoms with Crippen molar-refractivity contribution in [3.8, 4) is 0 Å². The molecule has 0 spiro atoms. The topological polar surface area (TPSA) is 55.1 Å². The average Bonchev–Trinajstić information content (AvgIpc) is 2.35. The van der Waals surface area contributed by atoms with Crippen LogP contribution in [0.3, 0.4) is 0 Å². The molecule has 0 fully saturated rings. The van der Waals surface area contributed by atoms with Crippen molar-refractivity contribution in [2.75, 3.05) is 11.1 Å². The molecular weight excluding hydrogens is 248 g/mol. The number of rotatable bonds is 6. The van der Waals surface area contributed by atoms with E-state index in [0.29, 0.717) is 16.4 Å². The predicted octanol–water partition coefficient (Wildman–Crippen LogP) is 4.08. The van der Waals surface area contributed by atoms with Gasteiger partial charge in [0.05, 0.1) is 10.7 Å². The fourth-order valence-electron chi connectivity index (χ4n) is 1.84. The Balaban J connectivity index is 2.70. The maximum Gasteiger partial charge on any atom is 0.227 e. The van der Waals surface area contributed by atoms with E-state index in [4.69, 9.17) is 17.3 Å². The number of carbonyl (C=O) groups is 1. The SMILES string of the molecule is CCCCC(CC)C(=O)Nc1cc(N)ccc1Cl. The highest BCUT2D eigenvalue weighted by Crippen LogP contribution is 2.25. The Morgan fingerprint density at radius 1 is 1.44 bits per heavy atom. The van der Waals surface area contributed by atoms with Crippen LogP contribution < -0.4 is 11.1 Å². The normalized spacial score (nSPS) is 12.2. The summed E-state index contributed by atoms with van der Waals surface area (Å²) in [6.07, 6.45) is 3.92. The third-order valence-corrected chi connectivity index (χ3v) is 3.35. The van der Waals surface area contributed by atoms with Crippen molar-refractivity contribution in [3.63, 3.8) is 0 Å². The Kier molecular flexibility index (Phi) is 5.99. The minimum atomic E-state index is 0.0263. The molecule has 0 saturated carbocycles. The molecule has 0 aromatic heterocycles. The van der Waals surface area contributed by atoms with Crippen molar-refractivity contribution in [2.24, 2.45) is 5.92 Å². The number of hydrogen-bond acceptors (Lipinski definition) is 2. The summed E-state index contributed by atoms with van der Waals surface area (Å²) in [5, 5.41) is 3.38. The molecular formula is C14H21ClN2O. The van der Waals surface area contributed by atoms with Gasteiger partial charge in [-0.25, -0.2) is 0 Å². The number of nitrogens with one attached hydrogen (secondary N) is 1. The van der Waals surface area contributed by atoms with Crippen LogP contribution in [-0.4, -0.2) is 5.91 Å². The van der Waals surface area contributed by atoms with Gasteiger partial charge in [0.25, 0.3) is 0 Å². The van der Waals surface area contributed by atoms with E-state index in [2.05, 4.69) is 12.2 Å². The second kappa shape index (κ2) is 7.27. The molecule has 0 bridgehead atoms. The first-order valence-electron chi connectivity index (χ1n) is 6.44. The van der Waals surface area contributed by atoms with E-state index in [-0.39, 0.29) is 11.8 Å². The summed E-state index contributed by atoms with van der Waals surface area (Å²) in [6, 6.07) is 5.10. The molecule has 1 amide bonds. The van der Waals surface area contributed by atoms with Gasteiger partial charge >= 0.3 is 0 Å². The first-order valence-corrected chi connectivity index (χ1v) is 6.82. The van der Waals surface area contributed by atoms with Crippen LogP contribution >= 0.6 is 11.6 Å². The van der Waals surface area contributed by atoms with Gasteiger partial charge in [-0.2, -0.15) is 0 Å². The predicted molar refractivity (Wildman–Crippen MR) is 77.8 cm³/mol. The molecule has 1 aromatic rings. The second-order valence-electron chi connectivity index (χ2n) is 4.48. The number of nitrogens with two attached hydrogens (primary N) is 1. The van der Waals surface area contributed by atoms with Crippen molar-refractivity contribution >= 4 is 28.9 Å². The van der Waals surface area contributed by atoms with Crippen LogP contribution in [0.2, 0.25) is 5.02 Å². The summed E-state index contributed by atoms with van der Waals surface area (Å²) in [4.78, 5) is 12.1. The van der Waals surface area contributed by atoms with E-state index in [1.54, 1.807) is 18.2 Å². The zero-order chi connectivity index (χ0) is 13.5. The zero-order valence-corrected chi connectivity index (χ0v) is 11.8. The molecule has 0 radical (unpaired) electrons. The van der Waals surface area contributed by atoms with Gasteiger partial charge in [-0.05, 0) is 31.0 Å². The number of amides is 1. The number of hydrogen-bond donors (Lipinski definition) is 2. The molecule has 18 heavy (non-hydrogen) atoms. The summed E-state index contributed by atoms with van der Waals surface area (Å²) >= 11 is 6.02. The Hall–Kier alpha value is -1.22. The molecule has 1 atom stereocenters. The van der Waals surface area contributed by atoms with E-state index in [9.17, 15) is 4.79 Å².